The number of pyridine rings is 1. The second-order valence-corrected chi connectivity index (χ2v) is 19.0. The summed E-state index contributed by atoms with van der Waals surface area (Å²) in [6.45, 7) is 5.01. The molecule has 2 saturated carbocycles. The van der Waals surface area contributed by atoms with Crippen LogP contribution >= 0.6 is 11.3 Å². The molecule has 2 aromatic carbocycles. The molecular formula is C43H50N6O8S2. The van der Waals surface area contributed by atoms with Crippen LogP contribution in [-0.4, -0.2) is 96.3 Å². The SMILES string of the molecule is COc1ccc(CN2CCCC/C=C\[C@H]3C[C@@]3(C(=O)NS(=O)(=O)C3CC3)NC(=O)[C@@H]3C[C@@H](Oc4cc(-c5nc(C(C)C)cs5)nc5cc(OC)ccc45)CN3C2=O)cc1. The summed E-state index contributed by atoms with van der Waals surface area (Å²) in [7, 11) is -0.684. The lowest BCUT2D eigenvalue weighted by Gasteiger charge is -2.32. The molecule has 2 aromatic heterocycles. The number of hydrogen-bond donors (Lipinski definition) is 2. The van der Waals surface area contributed by atoms with Crippen molar-refractivity contribution >= 4 is 50.1 Å². The Bertz CT molecular complexity index is 2380. The zero-order chi connectivity index (χ0) is 41.5. The molecule has 0 radical (unpaired) electrons. The molecule has 14 nitrogen and oxygen atoms in total. The number of fused-ring (bicyclic) bond motifs is 3. The molecule has 59 heavy (non-hydrogen) atoms. The Morgan fingerprint density at radius 3 is 2.51 bits per heavy atom. The minimum atomic E-state index is -3.88. The van der Waals surface area contributed by atoms with Gasteiger partial charge in [-0.1, -0.05) is 38.1 Å². The molecule has 8 rings (SSSR count). The van der Waals surface area contributed by atoms with Crippen LogP contribution in [-0.2, 0) is 26.2 Å². The predicted molar refractivity (Wildman–Crippen MR) is 224 cm³/mol. The number of aromatic nitrogens is 2. The Morgan fingerprint density at radius 2 is 1.80 bits per heavy atom. The fourth-order valence-electron chi connectivity index (χ4n) is 7.87. The van der Waals surface area contributed by atoms with Gasteiger partial charge in [-0.2, -0.15) is 0 Å². The van der Waals surface area contributed by atoms with Gasteiger partial charge in [0.05, 0.1) is 37.2 Å². The smallest absolute Gasteiger partial charge is 0.321 e. The van der Waals surface area contributed by atoms with Gasteiger partial charge in [0.25, 0.3) is 5.91 Å². The van der Waals surface area contributed by atoms with Crippen LogP contribution in [0.4, 0.5) is 4.79 Å². The topological polar surface area (TPSA) is 169 Å². The third kappa shape index (κ3) is 8.60. The van der Waals surface area contributed by atoms with Gasteiger partial charge in [0.15, 0.2) is 0 Å². The molecule has 4 heterocycles. The third-order valence-corrected chi connectivity index (χ3v) is 14.3. The maximum Gasteiger partial charge on any atom is 0.321 e. The van der Waals surface area contributed by atoms with Gasteiger partial charge in [-0.15, -0.1) is 11.3 Å². The van der Waals surface area contributed by atoms with E-state index in [-0.39, 0.29) is 31.3 Å². The zero-order valence-electron chi connectivity index (χ0n) is 33.7. The van der Waals surface area contributed by atoms with Crippen LogP contribution in [0.2, 0.25) is 0 Å². The predicted octanol–water partition coefficient (Wildman–Crippen LogP) is 6.17. The molecule has 3 fully saturated rings. The number of ether oxygens (including phenoxy) is 3. The van der Waals surface area contributed by atoms with Crippen molar-refractivity contribution in [1.29, 1.82) is 0 Å². The van der Waals surface area contributed by atoms with Gasteiger partial charge < -0.3 is 29.3 Å². The van der Waals surface area contributed by atoms with Gasteiger partial charge in [0.2, 0.25) is 15.9 Å². The van der Waals surface area contributed by atoms with E-state index in [2.05, 4.69) is 23.9 Å². The van der Waals surface area contributed by atoms with Gasteiger partial charge in [-0.25, -0.2) is 23.2 Å². The van der Waals surface area contributed by atoms with E-state index in [0.717, 1.165) is 28.1 Å². The Balaban J connectivity index is 1.13. The number of nitrogens with one attached hydrogen (secondary N) is 2. The first-order valence-corrected chi connectivity index (χ1v) is 22.6. The summed E-state index contributed by atoms with van der Waals surface area (Å²) < 4.78 is 45.8. The molecule has 2 aliphatic carbocycles. The van der Waals surface area contributed by atoms with Crippen LogP contribution in [0.25, 0.3) is 21.6 Å². The molecule has 0 unspecified atom stereocenters. The summed E-state index contributed by atoms with van der Waals surface area (Å²) in [6, 6.07) is 13.6. The van der Waals surface area contributed by atoms with E-state index in [1.165, 1.54) is 16.2 Å². The van der Waals surface area contributed by atoms with Crippen molar-refractivity contribution < 1.29 is 37.0 Å². The van der Waals surface area contributed by atoms with Crippen LogP contribution in [0.5, 0.6) is 17.2 Å². The molecule has 2 aliphatic heterocycles. The van der Waals surface area contributed by atoms with Gasteiger partial charge >= 0.3 is 6.03 Å². The largest absolute Gasteiger partial charge is 0.497 e. The van der Waals surface area contributed by atoms with Crippen LogP contribution in [0.15, 0.2) is 66.1 Å². The van der Waals surface area contributed by atoms with Gasteiger partial charge in [-0.3, -0.25) is 14.3 Å². The molecule has 4 aromatic rings. The number of thiazole rings is 1. The number of allylic oxidation sites excluding steroid dienone is 1. The summed E-state index contributed by atoms with van der Waals surface area (Å²) in [5.41, 5.74) is 1.65. The number of benzene rings is 2. The Kier molecular flexibility index (Phi) is 11.3. The summed E-state index contributed by atoms with van der Waals surface area (Å²) in [5, 5.41) is 5.83. The molecule has 2 N–H and O–H groups in total. The number of hydrogen-bond acceptors (Lipinski definition) is 11. The van der Waals surface area contributed by atoms with E-state index in [1.54, 1.807) is 19.1 Å². The maximum atomic E-state index is 14.8. The first-order chi connectivity index (χ1) is 28.4. The van der Waals surface area contributed by atoms with E-state index in [1.807, 2.05) is 66.1 Å². The molecule has 4 amide bonds. The number of amides is 4. The fraction of sp³-hybridized carbons (Fsp3) is 0.465. The number of nitrogens with zero attached hydrogens (tertiary/aromatic N) is 4. The summed E-state index contributed by atoms with van der Waals surface area (Å²) in [4.78, 5) is 56.3. The molecule has 1 saturated heterocycles. The summed E-state index contributed by atoms with van der Waals surface area (Å²) in [6.07, 6.45) is 6.78. The van der Waals surface area contributed by atoms with E-state index in [0.29, 0.717) is 67.2 Å². The highest BCUT2D eigenvalue weighted by Gasteiger charge is 2.62. The Hall–Kier alpha value is -5.22. The number of urea groups is 1. The van der Waals surface area contributed by atoms with Crippen molar-refractivity contribution in [3.05, 3.63) is 77.3 Å². The monoisotopic (exact) mass is 842 g/mol. The Morgan fingerprint density at radius 1 is 1.03 bits per heavy atom. The lowest BCUT2D eigenvalue weighted by Crippen LogP contribution is -2.57. The molecule has 0 bridgehead atoms. The molecule has 16 heteroatoms. The Labute approximate surface area is 348 Å². The van der Waals surface area contributed by atoms with E-state index in [4.69, 9.17) is 24.2 Å². The summed E-state index contributed by atoms with van der Waals surface area (Å²) in [5.74, 6) is 0.384. The van der Waals surface area contributed by atoms with Crippen LogP contribution in [0.3, 0.4) is 0 Å². The first kappa shape index (κ1) is 40.6. The van der Waals surface area contributed by atoms with Gasteiger partial charge in [-0.05, 0) is 74.3 Å². The van der Waals surface area contributed by atoms with E-state index < -0.39 is 50.7 Å². The molecule has 0 spiro atoms. The van der Waals surface area contributed by atoms with Gasteiger partial charge in [0, 0.05) is 48.3 Å². The molecule has 4 atom stereocenters. The molecule has 312 valence electrons. The minimum Gasteiger partial charge on any atom is -0.497 e. The highest BCUT2D eigenvalue weighted by atomic mass is 32.2. The van der Waals surface area contributed by atoms with Crippen molar-refractivity contribution in [3.63, 3.8) is 0 Å². The lowest BCUT2D eigenvalue weighted by molar-refractivity contribution is -0.131. The van der Waals surface area contributed by atoms with Crippen molar-refractivity contribution in [2.75, 3.05) is 27.3 Å². The third-order valence-electron chi connectivity index (χ3n) is 11.6. The van der Waals surface area contributed by atoms with Crippen LogP contribution < -0.4 is 24.2 Å². The zero-order valence-corrected chi connectivity index (χ0v) is 35.3. The van der Waals surface area contributed by atoms with E-state index in [9.17, 15) is 22.8 Å². The standard InChI is InChI=1S/C43H50N6O8S2/c1-26(2)36-25-58-40(45-36)35-21-38(33-17-14-30(56-4)19-34(33)44-35)57-31-20-37-39(50)46-43(41(51)47-59(53,54)32-15-16-32)22-28(43)9-7-5-6-8-18-48(42(52)49(37)24-31)23-27-10-12-29(55-3)13-11-27/h7,9-14,17,19,21,25-26,28,31-32,37H,5-6,8,15-16,18,20,22-24H2,1-4H3,(H,46,50)(H,47,51)/b9-7-/t28-,31+,37-,43+/m0/s1. The quantitative estimate of drug-likeness (QED) is 0.167. The highest BCUT2D eigenvalue weighted by molar-refractivity contribution is 7.91. The van der Waals surface area contributed by atoms with Crippen molar-refractivity contribution in [2.24, 2.45) is 5.92 Å². The number of methoxy groups -OCH3 is 2. The summed E-state index contributed by atoms with van der Waals surface area (Å²) >= 11 is 1.50. The van der Waals surface area contributed by atoms with Crippen LogP contribution in [0.1, 0.15) is 76.0 Å². The second-order valence-electron chi connectivity index (χ2n) is 16.2. The maximum absolute atomic E-state index is 14.8. The molecular weight excluding hydrogens is 793 g/mol. The fourth-order valence-corrected chi connectivity index (χ4v) is 10.2. The van der Waals surface area contributed by atoms with E-state index >= 15 is 0 Å². The molecule has 4 aliphatic rings. The van der Waals surface area contributed by atoms with Crippen molar-refractivity contribution in [2.45, 2.75) is 94.2 Å². The number of carbonyl (C=O) groups is 3. The second kappa shape index (κ2) is 16.4. The first-order valence-electron chi connectivity index (χ1n) is 20.2. The lowest BCUT2D eigenvalue weighted by atomic mass is 10.1. The van der Waals surface area contributed by atoms with Crippen LogP contribution in [0, 0.1) is 5.92 Å². The van der Waals surface area contributed by atoms with Crippen molar-refractivity contribution in [3.8, 4) is 28.0 Å². The number of carbonyl (C=O) groups excluding carboxylic acids is 3. The minimum absolute atomic E-state index is 0.0820. The highest BCUT2D eigenvalue weighted by Crippen LogP contribution is 2.46. The number of sulfonamides is 1. The van der Waals surface area contributed by atoms with Crippen molar-refractivity contribution in [1.82, 2.24) is 29.8 Å². The number of rotatable bonds is 11. The van der Waals surface area contributed by atoms with Gasteiger partial charge in [0.1, 0.15) is 45.6 Å². The average molecular weight is 843 g/mol. The average Bonchev–Trinajstić information content (AvgIpc) is 4.10. The normalized spacial score (nSPS) is 24.2.